The first-order valence-corrected chi connectivity index (χ1v) is 10.5. The summed E-state index contributed by atoms with van der Waals surface area (Å²) in [6, 6.07) is 0.216. The van der Waals surface area contributed by atoms with Crippen LogP contribution in [0.1, 0.15) is 53.6 Å². The highest BCUT2D eigenvalue weighted by molar-refractivity contribution is 7.03. The van der Waals surface area contributed by atoms with Crippen LogP contribution in [0.4, 0.5) is 0 Å². The molecule has 1 atom stereocenters. The van der Waals surface area contributed by atoms with Crippen molar-refractivity contribution in [2.24, 2.45) is 5.92 Å². The first-order valence-electron chi connectivity index (χ1n) is 9.64. The van der Waals surface area contributed by atoms with Crippen LogP contribution in [0, 0.1) is 5.92 Å². The molecule has 1 saturated carbocycles. The molecule has 0 spiro atoms. The maximum Gasteiger partial charge on any atom is 0.275 e. The van der Waals surface area contributed by atoms with Gasteiger partial charge in [0.2, 0.25) is 0 Å². The van der Waals surface area contributed by atoms with Crippen molar-refractivity contribution >= 4 is 17.4 Å². The Kier molecular flexibility index (Phi) is 4.24. The third kappa shape index (κ3) is 2.85. The summed E-state index contributed by atoms with van der Waals surface area (Å²) < 4.78 is 6.22. The minimum absolute atomic E-state index is 0.00379. The lowest BCUT2D eigenvalue weighted by Crippen LogP contribution is -2.52. The summed E-state index contributed by atoms with van der Waals surface area (Å²) in [4.78, 5) is 21.9. The molecule has 0 radical (unpaired) electrons. The van der Waals surface area contributed by atoms with Crippen LogP contribution in [0.15, 0.2) is 11.7 Å². The number of amides is 1. The molecule has 2 fully saturated rings. The van der Waals surface area contributed by atoms with Crippen LogP contribution < -0.4 is 0 Å². The Bertz CT molecular complexity index is 782. The van der Waals surface area contributed by atoms with Crippen LogP contribution in [0.2, 0.25) is 0 Å². The van der Waals surface area contributed by atoms with Crippen molar-refractivity contribution in [3.63, 3.8) is 0 Å². The van der Waals surface area contributed by atoms with Crippen LogP contribution in [-0.2, 0) is 13.0 Å². The first-order chi connectivity index (χ1) is 12.8. The summed E-state index contributed by atoms with van der Waals surface area (Å²) in [5, 5.41) is 5.68. The molecule has 1 aliphatic carbocycles. The maximum absolute atomic E-state index is 12.7. The second kappa shape index (κ2) is 6.74. The summed E-state index contributed by atoms with van der Waals surface area (Å²) >= 11 is 1.23. The zero-order chi connectivity index (χ0) is 17.5. The van der Waals surface area contributed by atoms with E-state index in [4.69, 9.17) is 4.98 Å². The summed E-state index contributed by atoms with van der Waals surface area (Å²) in [5.41, 5.74) is 3.04. The van der Waals surface area contributed by atoms with E-state index in [0.717, 1.165) is 38.5 Å². The predicted octanol–water partition coefficient (Wildman–Crippen LogP) is 1.98. The van der Waals surface area contributed by atoms with Gasteiger partial charge in [0.15, 0.2) is 5.69 Å². The normalized spacial score (nSPS) is 23.8. The number of carbonyl (C=O) groups is 1. The van der Waals surface area contributed by atoms with Crippen molar-refractivity contribution in [2.45, 2.75) is 44.7 Å². The molecule has 138 valence electrons. The van der Waals surface area contributed by atoms with E-state index in [1.165, 1.54) is 48.6 Å². The van der Waals surface area contributed by atoms with Crippen LogP contribution in [-0.4, -0.2) is 61.0 Å². The Hall–Kier alpha value is -1.80. The summed E-state index contributed by atoms with van der Waals surface area (Å²) in [7, 11) is 0. The van der Waals surface area contributed by atoms with Gasteiger partial charge in [-0.05, 0) is 30.3 Å². The number of fused-ring (bicyclic) bond motifs is 3. The highest BCUT2D eigenvalue weighted by Crippen LogP contribution is 2.33. The lowest BCUT2D eigenvalue weighted by molar-refractivity contribution is 0.0436. The molecule has 8 heteroatoms. The summed E-state index contributed by atoms with van der Waals surface area (Å²) in [6.07, 6.45) is 8.57. The van der Waals surface area contributed by atoms with E-state index in [1.54, 1.807) is 5.38 Å². The van der Waals surface area contributed by atoms with Crippen LogP contribution in [0.5, 0.6) is 0 Å². The van der Waals surface area contributed by atoms with Crippen molar-refractivity contribution in [1.82, 2.24) is 28.9 Å². The average molecular weight is 372 g/mol. The third-order valence-electron chi connectivity index (χ3n) is 6.22. The zero-order valence-electron chi connectivity index (χ0n) is 14.9. The van der Waals surface area contributed by atoms with Gasteiger partial charge in [0.1, 0.15) is 0 Å². The van der Waals surface area contributed by atoms with Gasteiger partial charge >= 0.3 is 0 Å². The van der Waals surface area contributed by atoms with E-state index in [-0.39, 0.29) is 11.9 Å². The lowest BCUT2D eigenvalue weighted by atomic mass is 9.99. The smallest absolute Gasteiger partial charge is 0.275 e. The molecule has 3 aliphatic rings. The van der Waals surface area contributed by atoms with Crippen molar-refractivity contribution in [3.8, 4) is 0 Å². The molecule has 5 rings (SSSR count). The molecule has 7 nitrogen and oxygen atoms in total. The van der Waals surface area contributed by atoms with Gasteiger partial charge in [-0.2, -0.15) is 0 Å². The second-order valence-corrected chi connectivity index (χ2v) is 8.33. The predicted molar refractivity (Wildman–Crippen MR) is 98.0 cm³/mol. The van der Waals surface area contributed by atoms with Gasteiger partial charge in [0, 0.05) is 50.2 Å². The molecule has 26 heavy (non-hydrogen) atoms. The van der Waals surface area contributed by atoms with Crippen molar-refractivity contribution in [1.29, 1.82) is 0 Å². The number of aromatic nitrogens is 4. The van der Waals surface area contributed by atoms with Crippen molar-refractivity contribution in [3.05, 3.63) is 28.8 Å². The Morgan fingerprint density at radius 1 is 1.23 bits per heavy atom. The number of hydrogen-bond donors (Lipinski definition) is 0. The molecule has 2 aromatic heterocycles. The monoisotopic (exact) mass is 372 g/mol. The standard InChI is InChI=1S/C18H24N6OS/c25-18(14-11-26-21-20-14)23-8-7-22-6-5-15-17(16(22)10-23)19-12-24(15)9-13-3-1-2-4-13/h11-13,16H,1-10H2. The molecule has 0 N–H and O–H groups in total. The van der Waals surface area contributed by atoms with Gasteiger partial charge < -0.3 is 9.47 Å². The highest BCUT2D eigenvalue weighted by Gasteiger charge is 2.37. The number of carbonyl (C=O) groups excluding carboxylic acids is 1. The van der Waals surface area contributed by atoms with Gasteiger partial charge in [-0.25, -0.2) is 4.98 Å². The molecule has 2 aromatic rings. The summed E-state index contributed by atoms with van der Waals surface area (Å²) in [5.74, 6) is 0.809. The number of piperazine rings is 1. The van der Waals surface area contributed by atoms with Crippen LogP contribution >= 0.6 is 11.5 Å². The molecule has 1 unspecified atom stereocenters. The average Bonchev–Trinajstić information content (AvgIpc) is 3.43. The van der Waals surface area contributed by atoms with E-state index in [2.05, 4.69) is 19.1 Å². The Morgan fingerprint density at radius 2 is 2.12 bits per heavy atom. The quantitative estimate of drug-likeness (QED) is 0.824. The van der Waals surface area contributed by atoms with Gasteiger partial charge in [-0.3, -0.25) is 9.69 Å². The Morgan fingerprint density at radius 3 is 2.92 bits per heavy atom. The topological polar surface area (TPSA) is 67.2 Å². The minimum Gasteiger partial charge on any atom is -0.334 e. The second-order valence-electron chi connectivity index (χ2n) is 7.72. The molecule has 4 heterocycles. The van der Waals surface area contributed by atoms with E-state index in [9.17, 15) is 4.79 Å². The third-order valence-corrected chi connectivity index (χ3v) is 6.72. The van der Waals surface area contributed by atoms with Gasteiger partial charge in [-0.15, -0.1) is 5.10 Å². The van der Waals surface area contributed by atoms with E-state index in [0.29, 0.717) is 12.2 Å². The van der Waals surface area contributed by atoms with Gasteiger partial charge in [0.25, 0.3) is 5.91 Å². The molecular weight excluding hydrogens is 348 g/mol. The number of imidazole rings is 1. The largest absolute Gasteiger partial charge is 0.334 e. The fraction of sp³-hybridized carbons (Fsp3) is 0.667. The number of nitrogens with zero attached hydrogens (tertiary/aromatic N) is 6. The molecule has 0 aromatic carbocycles. The lowest BCUT2D eigenvalue weighted by Gasteiger charge is -2.43. The molecule has 1 saturated heterocycles. The van der Waals surface area contributed by atoms with Gasteiger partial charge in [0.05, 0.1) is 18.1 Å². The van der Waals surface area contributed by atoms with Crippen LogP contribution in [0.3, 0.4) is 0 Å². The van der Waals surface area contributed by atoms with Crippen molar-refractivity contribution in [2.75, 3.05) is 26.2 Å². The molecule has 2 aliphatic heterocycles. The molecule has 0 bridgehead atoms. The van der Waals surface area contributed by atoms with Gasteiger partial charge in [-0.1, -0.05) is 17.3 Å². The fourth-order valence-corrected chi connectivity index (χ4v) is 5.23. The molecular formula is C18H24N6OS. The SMILES string of the molecule is O=C(c1csnn1)N1CCN2CCc3c(ncn3CC3CCCC3)C2C1. The van der Waals surface area contributed by atoms with E-state index >= 15 is 0 Å². The zero-order valence-corrected chi connectivity index (χ0v) is 15.7. The number of rotatable bonds is 3. The van der Waals surface area contributed by atoms with Crippen LogP contribution in [0.25, 0.3) is 0 Å². The number of hydrogen-bond acceptors (Lipinski definition) is 6. The van der Waals surface area contributed by atoms with E-state index < -0.39 is 0 Å². The fourth-order valence-electron chi connectivity index (χ4n) is 4.80. The molecule has 1 amide bonds. The maximum atomic E-state index is 12.7. The Labute approximate surface area is 157 Å². The minimum atomic E-state index is -0.00379. The van der Waals surface area contributed by atoms with E-state index in [1.807, 2.05) is 11.2 Å². The Balaban J connectivity index is 1.36. The summed E-state index contributed by atoms with van der Waals surface area (Å²) in [6.45, 7) is 4.54. The highest BCUT2D eigenvalue weighted by atomic mass is 32.1. The first kappa shape index (κ1) is 16.4. The van der Waals surface area contributed by atoms with Crippen molar-refractivity contribution < 1.29 is 4.79 Å².